The van der Waals surface area contributed by atoms with Crippen LogP contribution in [0.3, 0.4) is 0 Å². The Bertz CT molecular complexity index is 57.5. The molecule has 3 heterocycles. The first-order chi connectivity index (χ1) is 6.00. The summed E-state index contributed by atoms with van der Waals surface area (Å²) in [4.78, 5) is 0. The molecule has 12 heavy (non-hydrogen) atoms. The summed E-state index contributed by atoms with van der Waals surface area (Å²) < 4.78 is 4.72. The van der Waals surface area contributed by atoms with Crippen LogP contribution in [0.1, 0.15) is 19.3 Å². The van der Waals surface area contributed by atoms with E-state index in [4.69, 9.17) is 4.74 Å². The molecule has 0 spiro atoms. The molecule has 0 saturated carbocycles. The van der Waals surface area contributed by atoms with Crippen molar-refractivity contribution in [2.45, 2.75) is 19.3 Å². The van der Waals surface area contributed by atoms with Crippen LogP contribution in [-0.2, 0) is 4.74 Å². The van der Waals surface area contributed by atoms with Crippen molar-refractivity contribution in [1.82, 2.24) is 5.32 Å². The van der Waals surface area contributed by atoms with Crippen LogP contribution in [-0.4, -0.2) is 37.8 Å². The standard InChI is InChI=1S/C3H7N.C3H6O.C3H6S/c3*1-2-4-3-1/h4H,1-3H2;2*1-3H2. The predicted molar refractivity (Wildman–Crippen MR) is 54.9 cm³/mol. The van der Waals surface area contributed by atoms with Crippen LogP contribution in [0, 0.1) is 0 Å². The summed E-state index contributed by atoms with van der Waals surface area (Å²) in [5.41, 5.74) is 0. The smallest absolute Gasteiger partial charge is 0.0488 e. The molecular formula is C9H19NOS. The first kappa shape index (κ1) is 10.4. The summed E-state index contributed by atoms with van der Waals surface area (Å²) in [7, 11) is 0. The molecule has 72 valence electrons. The Morgan fingerprint density at radius 2 is 1.17 bits per heavy atom. The topological polar surface area (TPSA) is 21.3 Å². The van der Waals surface area contributed by atoms with E-state index in [0.717, 1.165) is 13.2 Å². The molecular weight excluding hydrogens is 170 g/mol. The van der Waals surface area contributed by atoms with E-state index in [2.05, 4.69) is 5.32 Å². The van der Waals surface area contributed by atoms with Gasteiger partial charge in [-0.15, -0.1) is 0 Å². The van der Waals surface area contributed by atoms with Gasteiger partial charge in [0.1, 0.15) is 0 Å². The van der Waals surface area contributed by atoms with Crippen molar-refractivity contribution in [1.29, 1.82) is 0 Å². The molecule has 2 nitrogen and oxygen atoms in total. The predicted octanol–water partition coefficient (Wildman–Crippen LogP) is 1.51. The van der Waals surface area contributed by atoms with E-state index >= 15 is 0 Å². The van der Waals surface area contributed by atoms with E-state index in [9.17, 15) is 0 Å². The summed E-state index contributed by atoms with van der Waals surface area (Å²) in [5.74, 6) is 2.83. The highest BCUT2D eigenvalue weighted by Crippen LogP contribution is 2.14. The van der Waals surface area contributed by atoms with Crippen molar-refractivity contribution in [2.75, 3.05) is 37.8 Å². The Labute approximate surface area is 79.4 Å². The SMILES string of the molecule is C1CNC1.C1COC1.C1CSC1. The largest absolute Gasteiger partial charge is 0.381 e. The van der Waals surface area contributed by atoms with Crippen LogP contribution < -0.4 is 5.32 Å². The molecule has 0 amide bonds. The van der Waals surface area contributed by atoms with Crippen molar-refractivity contribution < 1.29 is 4.74 Å². The number of ether oxygens (including phenoxy) is 1. The Morgan fingerprint density at radius 1 is 0.917 bits per heavy atom. The van der Waals surface area contributed by atoms with Gasteiger partial charge in [-0.1, -0.05) is 0 Å². The zero-order valence-corrected chi connectivity index (χ0v) is 8.50. The second kappa shape index (κ2) is 7.90. The van der Waals surface area contributed by atoms with Crippen LogP contribution in [0.2, 0.25) is 0 Å². The first-order valence-electron chi connectivity index (χ1n) is 4.86. The van der Waals surface area contributed by atoms with Crippen molar-refractivity contribution in [2.24, 2.45) is 0 Å². The lowest BCUT2D eigenvalue weighted by atomic mass is 10.3. The van der Waals surface area contributed by atoms with Gasteiger partial charge >= 0.3 is 0 Å². The van der Waals surface area contributed by atoms with Crippen LogP contribution in [0.5, 0.6) is 0 Å². The fourth-order valence-corrected chi connectivity index (χ4v) is 0.754. The van der Waals surface area contributed by atoms with Gasteiger partial charge in [0.25, 0.3) is 0 Å². The lowest BCUT2D eigenvalue weighted by Gasteiger charge is -2.09. The third-order valence-electron chi connectivity index (χ3n) is 1.86. The van der Waals surface area contributed by atoms with E-state index in [1.807, 2.05) is 11.8 Å². The van der Waals surface area contributed by atoms with Crippen molar-refractivity contribution >= 4 is 11.8 Å². The molecule has 0 radical (unpaired) electrons. The summed E-state index contributed by atoms with van der Waals surface area (Å²) in [6, 6.07) is 0. The lowest BCUT2D eigenvalue weighted by molar-refractivity contribution is 0.0367. The van der Waals surface area contributed by atoms with Crippen molar-refractivity contribution in [3.8, 4) is 0 Å². The minimum Gasteiger partial charge on any atom is -0.381 e. The van der Waals surface area contributed by atoms with E-state index in [1.165, 1.54) is 43.9 Å². The van der Waals surface area contributed by atoms with E-state index < -0.39 is 0 Å². The Hall–Kier alpha value is 0.270. The fourth-order valence-electron chi connectivity index (χ4n) is 0.465. The summed E-state index contributed by atoms with van der Waals surface area (Å²) >= 11 is 2.04. The number of hydrogen-bond donors (Lipinski definition) is 1. The summed E-state index contributed by atoms with van der Waals surface area (Å²) in [6.45, 7) is 4.50. The molecule has 1 N–H and O–H groups in total. The molecule has 0 aromatic carbocycles. The molecule has 0 bridgehead atoms. The normalized spacial score (nSPS) is 24.0. The monoisotopic (exact) mass is 189 g/mol. The second-order valence-corrected chi connectivity index (χ2v) is 4.26. The molecule has 0 atom stereocenters. The molecule has 3 saturated heterocycles. The fraction of sp³-hybridized carbons (Fsp3) is 1.00. The van der Waals surface area contributed by atoms with Gasteiger partial charge in [-0.25, -0.2) is 0 Å². The van der Waals surface area contributed by atoms with Gasteiger partial charge in [-0.05, 0) is 43.9 Å². The van der Waals surface area contributed by atoms with E-state index in [-0.39, 0.29) is 0 Å². The lowest BCUT2D eigenvalue weighted by Crippen LogP contribution is -2.29. The van der Waals surface area contributed by atoms with E-state index in [1.54, 1.807) is 0 Å². The zero-order valence-electron chi connectivity index (χ0n) is 7.68. The molecule has 0 unspecified atom stereocenters. The van der Waals surface area contributed by atoms with Gasteiger partial charge < -0.3 is 10.1 Å². The van der Waals surface area contributed by atoms with Crippen molar-refractivity contribution in [3.63, 3.8) is 0 Å². The number of rotatable bonds is 0. The third kappa shape index (κ3) is 5.86. The summed E-state index contributed by atoms with van der Waals surface area (Å²) in [5, 5.41) is 3.11. The molecule has 3 rings (SSSR count). The third-order valence-corrected chi connectivity index (χ3v) is 3.02. The highest BCUT2D eigenvalue weighted by Gasteiger charge is 1.95. The van der Waals surface area contributed by atoms with Crippen LogP contribution in [0.4, 0.5) is 0 Å². The maximum Gasteiger partial charge on any atom is 0.0488 e. The quantitative estimate of drug-likeness (QED) is 0.624. The molecule has 0 aliphatic carbocycles. The Balaban J connectivity index is 0.0000000900. The van der Waals surface area contributed by atoms with Gasteiger partial charge in [0.2, 0.25) is 0 Å². The summed E-state index contributed by atoms with van der Waals surface area (Å²) in [6.07, 6.45) is 4.13. The number of nitrogens with one attached hydrogen (secondary N) is 1. The molecule has 0 aromatic rings. The minimum absolute atomic E-state index is 1.00. The Morgan fingerprint density at radius 3 is 1.17 bits per heavy atom. The van der Waals surface area contributed by atoms with Crippen LogP contribution >= 0.6 is 11.8 Å². The van der Waals surface area contributed by atoms with Crippen molar-refractivity contribution in [3.05, 3.63) is 0 Å². The number of thioether (sulfide) groups is 1. The second-order valence-electron chi connectivity index (χ2n) is 3.04. The highest BCUT2D eigenvalue weighted by molar-refractivity contribution is 8.00. The van der Waals surface area contributed by atoms with Crippen LogP contribution in [0.15, 0.2) is 0 Å². The molecule has 3 aliphatic heterocycles. The maximum absolute atomic E-state index is 4.72. The molecule has 3 heteroatoms. The molecule has 3 fully saturated rings. The van der Waals surface area contributed by atoms with Gasteiger partial charge in [0.15, 0.2) is 0 Å². The molecule has 3 aliphatic rings. The van der Waals surface area contributed by atoms with Crippen LogP contribution in [0.25, 0.3) is 0 Å². The number of hydrogen-bond acceptors (Lipinski definition) is 3. The maximum atomic E-state index is 4.72. The average Bonchev–Trinajstić information content (AvgIpc) is 1.41. The zero-order chi connectivity index (χ0) is 8.49. The van der Waals surface area contributed by atoms with Gasteiger partial charge in [0, 0.05) is 13.2 Å². The first-order valence-corrected chi connectivity index (χ1v) is 6.02. The van der Waals surface area contributed by atoms with E-state index in [0.29, 0.717) is 0 Å². The Kier molecular flexibility index (Phi) is 6.81. The minimum atomic E-state index is 1.00. The van der Waals surface area contributed by atoms with Gasteiger partial charge in [0.05, 0.1) is 0 Å². The molecule has 0 aromatic heterocycles. The average molecular weight is 189 g/mol. The van der Waals surface area contributed by atoms with Gasteiger partial charge in [-0.2, -0.15) is 11.8 Å². The van der Waals surface area contributed by atoms with Gasteiger partial charge in [-0.3, -0.25) is 0 Å². The highest BCUT2D eigenvalue weighted by atomic mass is 32.2.